The van der Waals surface area contributed by atoms with Gasteiger partial charge in [-0.25, -0.2) is 0 Å². The Morgan fingerprint density at radius 1 is 1.50 bits per heavy atom. The molecule has 0 aromatic carbocycles. The van der Waals surface area contributed by atoms with Crippen LogP contribution in [0.25, 0.3) is 0 Å². The fraction of sp³-hybridized carbons (Fsp3) is 0.615. The summed E-state index contributed by atoms with van der Waals surface area (Å²) in [4.78, 5) is 11.8. The summed E-state index contributed by atoms with van der Waals surface area (Å²) in [5, 5.41) is 0. The highest BCUT2D eigenvalue weighted by molar-refractivity contribution is 5.87. The molecule has 76 valence electrons. The van der Waals surface area contributed by atoms with Gasteiger partial charge in [-0.15, -0.1) is 0 Å². The Bertz CT molecular complexity index is 300. The normalized spacial score (nSPS) is 40.2. The molecular weight excluding hydrogens is 172 g/mol. The van der Waals surface area contributed by atoms with E-state index in [-0.39, 0.29) is 11.3 Å². The van der Waals surface area contributed by atoms with Crippen molar-refractivity contribution in [2.24, 2.45) is 11.3 Å². The Morgan fingerprint density at radius 3 is 3.07 bits per heavy atom. The molecule has 14 heavy (non-hydrogen) atoms. The zero-order valence-electron chi connectivity index (χ0n) is 8.88. The minimum absolute atomic E-state index is 0.110. The van der Waals surface area contributed by atoms with Crippen molar-refractivity contribution in [1.29, 1.82) is 0 Å². The molecule has 0 aliphatic heterocycles. The molecular formula is C13H18O. The lowest BCUT2D eigenvalue weighted by molar-refractivity contribution is -0.120. The number of rotatable bonds is 0. The van der Waals surface area contributed by atoms with Gasteiger partial charge in [0.1, 0.15) is 5.78 Å². The van der Waals surface area contributed by atoms with Crippen LogP contribution in [-0.2, 0) is 4.79 Å². The summed E-state index contributed by atoms with van der Waals surface area (Å²) in [6.07, 6.45) is 9.56. The van der Waals surface area contributed by atoms with Crippen LogP contribution in [0.5, 0.6) is 0 Å². The highest BCUT2D eigenvalue weighted by Gasteiger charge is 2.44. The molecule has 0 N–H and O–H groups in total. The van der Waals surface area contributed by atoms with E-state index in [0.29, 0.717) is 5.78 Å². The Labute approximate surface area is 85.9 Å². The van der Waals surface area contributed by atoms with Gasteiger partial charge in [0.25, 0.3) is 0 Å². The molecule has 2 atom stereocenters. The minimum atomic E-state index is 0.110. The number of allylic oxidation sites excluding steroid dienone is 3. The maximum absolute atomic E-state index is 11.8. The number of fused-ring (bicyclic) bond motifs is 1. The molecule has 2 aliphatic rings. The van der Waals surface area contributed by atoms with Crippen LogP contribution in [0.4, 0.5) is 0 Å². The lowest BCUT2D eigenvalue weighted by atomic mass is 9.71. The van der Waals surface area contributed by atoms with Crippen molar-refractivity contribution in [3.8, 4) is 0 Å². The van der Waals surface area contributed by atoms with Crippen LogP contribution in [0.3, 0.4) is 0 Å². The summed E-state index contributed by atoms with van der Waals surface area (Å²) in [7, 11) is 0. The van der Waals surface area contributed by atoms with Gasteiger partial charge in [-0.3, -0.25) is 4.79 Å². The lowest BCUT2D eigenvalue weighted by Gasteiger charge is -2.32. The van der Waals surface area contributed by atoms with E-state index in [1.54, 1.807) is 0 Å². The summed E-state index contributed by atoms with van der Waals surface area (Å²) in [6, 6.07) is 0. The van der Waals surface area contributed by atoms with Gasteiger partial charge in [0.2, 0.25) is 0 Å². The van der Waals surface area contributed by atoms with E-state index in [1.165, 1.54) is 12.8 Å². The Hall–Kier alpha value is -0.850. The fourth-order valence-corrected chi connectivity index (χ4v) is 2.96. The van der Waals surface area contributed by atoms with Crippen molar-refractivity contribution in [3.05, 3.63) is 24.3 Å². The van der Waals surface area contributed by atoms with Crippen molar-refractivity contribution in [2.75, 3.05) is 0 Å². The highest BCUT2D eigenvalue weighted by Crippen LogP contribution is 2.48. The van der Waals surface area contributed by atoms with Crippen LogP contribution in [0, 0.1) is 11.3 Å². The number of ketones is 1. The van der Waals surface area contributed by atoms with Crippen molar-refractivity contribution in [1.82, 2.24) is 0 Å². The largest absolute Gasteiger partial charge is 0.299 e. The number of hydrogen-bond donors (Lipinski definition) is 0. The van der Waals surface area contributed by atoms with Gasteiger partial charge in [-0.05, 0) is 36.7 Å². The molecule has 0 unspecified atom stereocenters. The van der Waals surface area contributed by atoms with Gasteiger partial charge in [0, 0.05) is 12.3 Å². The first-order valence-corrected chi connectivity index (χ1v) is 5.51. The zero-order valence-corrected chi connectivity index (χ0v) is 8.88. The SMILES string of the molecule is C=C1/C=C\CCC[C@]2(C)CCC(=O)[C@H]12. The first-order valence-electron chi connectivity index (χ1n) is 5.51. The standard InChI is InChI=1S/C13H18O/c1-10-6-4-3-5-8-13(2)9-7-11(14)12(10)13/h4,6,12H,1,3,5,7-9H2,2H3/b6-4-/t12-,13+/m0/s1. The van der Waals surface area contributed by atoms with Gasteiger partial charge in [0.05, 0.1) is 0 Å². The van der Waals surface area contributed by atoms with Crippen molar-refractivity contribution in [3.63, 3.8) is 0 Å². The third kappa shape index (κ3) is 1.45. The Kier molecular flexibility index (Phi) is 2.34. The maximum Gasteiger partial charge on any atom is 0.140 e. The average molecular weight is 190 g/mol. The van der Waals surface area contributed by atoms with Gasteiger partial charge in [-0.1, -0.05) is 25.7 Å². The average Bonchev–Trinajstić information content (AvgIpc) is 2.39. The van der Waals surface area contributed by atoms with Crippen LogP contribution in [0.1, 0.15) is 39.0 Å². The number of Topliss-reactive ketones (excluding diaryl/α,β-unsaturated/α-hetero) is 1. The molecule has 0 saturated heterocycles. The van der Waals surface area contributed by atoms with Crippen molar-refractivity contribution >= 4 is 5.78 Å². The molecule has 2 rings (SSSR count). The predicted octanol–water partition coefficient (Wildman–Crippen LogP) is 3.27. The maximum atomic E-state index is 11.8. The van der Waals surface area contributed by atoms with Gasteiger partial charge < -0.3 is 0 Å². The lowest BCUT2D eigenvalue weighted by Crippen LogP contribution is -2.27. The van der Waals surface area contributed by atoms with E-state index >= 15 is 0 Å². The van der Waals surface area contributed by atoms with E-state index in [4.69, 9.17) is 0 Å². The molecule has 0 bridgehead atoms. The molecule has 1 heteroatoms. The summed E-state index contributed by atoms with van der Waals surface area (Å²) in [5.74, 6) is 0.517. The summed E-state index contributed by atoms with van der Waals surface area (Å²) in [5.41, 5.74) is 1.24. The van der Waals surface area contributed by atoms with Crippen LogP contribution in [-0.4, -0.2) is 5.78 Å². The quantitative estimate of drug-likeness (QED) is 0.573. The molecule has 0 aromatic heterocycles. The molecule has 1 nitrogen and oxygen atoms in total. The van der Waals surface area contributed by atoms with Crippen molar-refractivity contribution < 1.29 is 4.79 Å². The fourth-order valence-electron chi connectivity index (χ4n) is 2.96. The highest BCUT2D eigenvalue weighted by atomic mass is 16.1. The number of carbonyl (C=O) groups is 1. The second-order valence-corrected chi connectivity index (χ2v) is 4.92. The van der Waals surface area contributed by atoms with E-state index < -0.39 is 0 Å². The zero-order chi connectivity index (χ0) is 10.2. The topological polar surface area (TPSA) is 17.1 Å². The van der Waals surface area contributed by atoms with Crippen LogP contribution in [0.2, 0.25) is 0 Å². The van der Waals surface area contributed by atoms with E-state index in [2.05, 4.69) is 25.7 Å². The van der Waals surface area contributed by atoms with Crippen LogP contribution in [0.15, 0.2) is 24.3 Å². The van der Waals surface area contributed by atoms with Gasteiger partial charge in [-0.2, -0.15) is 0 Å². The van der Waals surface area contributed by atoms with E-state index in [1.807, 2.05) is 0 Å². The summed E-state index contributed by atoms with van der Waals surface area (Å²) in [6.45, 7) is 6.30. The minimum Gasteiger partial charge on any atom is -0.299 e. The summed E-state index contributed by atoms with van der Waals surface area (Å²) >= 11 is 0. The molecule has 1 saturated carbocycles. The molecule has 0 heterocycles. The van der Waals surface area contributed by atoms with E-state index in [0.717, 1.165) is 24.8 Å². The van der Waals surface area contributed by atoms with E-state index in [9.17, 15) is 4.79 Å². The Balaban J connectivity index is 2.34. The van der Waals surface area contributed by atoms with Crippen LogP contribution >= 0.6 is 0 Å². The monoisotopic (exact) mass is 190 g/mol. The second kappa shape index (κ2) is 3.38. The molecule has 0 spiro atoms. The van der Waals surface area contributed by atoms with Gasteiger partial charge in [0.15, 0.2) is 0 Å². The molecule has 0 radical (unpaired) electrons. The van der Waals surface area contributed by atoms with Gasteiger partial charge >= 0.3 is 0 Å². The molecule has 0 aromatic rings. The third-order valence-corrected chi connectivity index (χ3v) is 3.78. The van der Waals surface area contributed by atoms with Crippen molar-refractivity contribution in [2.45, 2.75) is 39.0 Å². The predicted molar refractivity (Wildman–Crippen MR) is 58.0 cm³/mol. The third-order valence-electron chi connectivity index (χ3n) is 3.78. The molecule has 0 amide bonds. The molecule has 2 aliphatic carbocycles. The first-order chi connectivity index (χ1) is 6.63. The summed E-state index contributed by atoms with van der Waals surface area (Å²) < 4.78 is 0. The Morgan fingerprint density at radius 2 is 2.29 bits per heavy atom. The first kappa shape index (κ1) is 9.70. The van der Waals surface area contributed by atoms with Crippen LogP contribution < -0.4 is 0 Å². The second-order valence-electron chi connectivity index (χ2n) is 4.92. The number of carbonyl (C=O) groups excluding carboxylic acids is 1. The molecule has 1 fully saturated rings. The smallest absolute Gasteiger partial charge is 0.140 e. The number of hydrogen-bond acceptors (Lipinski definition) is 1.